The van der Waals surface area contributed by atoms with E-state index in [-0.39, 0.29) is 10.5 Å². The zero-order valence-corrected chi connectivity index (χ0v) is 7.25. The van der Waals surface area contributed by atoms with Crippen LogP contribution >= 0.6 is 11.6 Å². The van der Waals surface area contributed by atoms with Gasteiger partial charge in [-0.25, -0.2) is 0 Å². The molecule has 2 N–H and O–H groups in total. The van der Waals surface area contributed by atoms with Gasteiger partial charge in [0, 0.05) is 10.5 Å². The largest absolute Gasteiger partial charge is 0.497 e. The van der Waals surface area contributed by atoms with Crippen LogP contribution in [-0.2, 0) is 0 Å². The summed E-state index contributed by atoms with van der Waals surface area (Å²) in [4.78, 5) is 0. The average Bonchev–Trinajstić information content (AvgIpc) is 2.03. The van der Waals surface area contributed by atoms with Crippen LogP contribution < -0.4 is 10.2 Å². The fourth-order valence-corrected chi connectivity index (χ4v) is 1.21. The van der Waals surface area contributed by atoms with Crippen LogP contribution in [0, 0.1) is 0 Å². The lowest BCUT2D eigenvalue weighted by Gasteiger charge is -2.08. The van der Waals surface area contributed by atoms with Crippen molar-refractivity contribution in [1.29, 1.82) is 0 Å². The third-order valence-corrected chi connectivity index (χ3v) is 1.82. The first-order chi connectivity index (χ1) is 5.66. The molecule has 1 aromatic carbocycles. The number of rotatable bonds is 2. The van der Waals surface area contributed by atoms with Gasteiger partial charge in [0.2, 0.25) is 0 Å². The molecular weight excluding hydrogens is 178 g/mol. The Morgan fingerprint density at radius 2 is 2.08 bits per heavy atom. The van der Waals surface area contributed by atoms with E-state index in [1.807, 2.05) is 0 Å². The highest BCUT2D eigenvalue weighted by molar-refractivity contribution is 6.63. The summed E-state index contributed by atoms with van der Waals surface area (Å²) in [5, 5.41) is 18.1. The SMILES string of the molecule is COc1cccc(Cl)c1B(O)O. The van der Waals surface area contributed by atoms with Crippen molar-refractivity contribution >= 4 is 24.2 Å². The van der Waals surface area contributed by atoms with E-state index in [0.29, 0.717) is 5.75 Å². The van der Waals surface area contributed by atoms with Crippen molar-refractivity contribution < 1.29 is 14.8 Å². The van der Waals surface area contributed by atoms with E-state index >= 15 is 0 Å². The number of ether oxygens (including phenoxy) is 1. The van der Waals surface area contributed by atoms with Gasteiger partial charge >= 0.3 is 7.12 Å². The molecule has 64 valence electrons. The molecule has 0 spiro atoms. The van der Waals surface area contributed by atoms with E-state index in [0.717, 1.165) is 0 Å². The second-order valence-electron chi connectivity index (χ2n) is 2.23. The van der Waals surface area contributed by atoms with Crippen molar-refractivity contribution in [1.82, 2.24) is 0 Å². The lowest BCUT2D eigenvalue weighted by Crippen LogP contribution is -2.32. The van der Waals surface area contributed by atoms with Crippen LogP contribution in [0.2, 0.25) is 5.02 Å². The van der Waals surface area contributed by atoms with E-state index in [1.165, 1.54) is 7.11 Å². The smallest absolute Gasteiger partial charge is 0.493 e. The van der Waals surface area contributed by atoms with Gasteiger partial charge in [0.15, 0.2) is 0 Å². The summed E-state index contributed by atoms with van der Waals surface area (Å²) in [6.07, 6.45) is 0. The molecule has 0 atom stereocenters. The normalized spacial score (nSPS) is 9.67. The Balaban J connectivity index is 3.20. The summed E-state index contributed by atoms with van der Waals surface area (Å²) in [5.41, 5.74) is 0.196. The molecule has 0 bridgehead atoms. The molecular formula is C7H8BClO3. The van der Waals surface area contributed by atoms with Gasteiger partial charge in [-0.3, -0.25) is 0 Å². The van der Waals surface area contributed by atoms with Crippen LogP contribution in [-0.4, -0.2) is 24.3 Å². The number of halogens is 1. The molecule has 3 nitrogen and oxygen atoms in total. The maximum absolute atomic E-state index is 8.91. The van der Waals surface area contributed by atoms with E-state index < -0.39 is 7.12 Å². The monoisotopic (exact) mass is 186 g/mol. The number of methoxy groups -OCH3 is 1. The van der Waals surface area contributed by atoms with Gasteiger partial charge in [0.05, 0.1) is 7.11 Å². The highest BCUT2D eigenvalue weighted by atomic mass is 35.5. The molecule has 1 aromatic rings. The van der Waals surface area contributed by atoms with Crippen molar-refractivity contribution in [2.45, 2.75) is 0 Å². The molecule has 1 rings (SSSR count). The molecule has 0 unspecified atom stereocenters. The van der Waals surface area contributed by atoms with Gasteiger partial charge in [-0.1, -0.05) is 17.7 Å². The first-order valence-electron chi connectivity index (χ1n) is 3.35. The minimum absolute atomic E-state index is 0.196. The maximum Gasteiger partial charge on any atom is 0.493 e. The summed E-state index contributed by atoms with van der Waals surface area (Å²) < 4.78 is 4.88. The number of hydrogen-bond donors (Lipinski definition) is 2. The van der Waals surface area contributed by atoms with Gasteiger partial charge in [0.25, 0.3) is 0 Å². The van der Waals surface area contributed by atoms with E-state index in [4.69, 9.17) is 26.4 Å². The first-order valence-corrected chi connectivity index (χ1v) is 3.73. The van der Waals surface area contributed by atoms with Gasteiger partial charge < -0.3 is 14.8 Å². The molecule has 5 heteroatoms. The van der Waals surface area contributed by atoms with E-state index in [1.54, 1.807) is 18.2 Å². The highest BCUT2D eigenvalue weighted by Gasteiger charge is 2.19. The minimum Gasteiger partial charge on any atom is -0.497 e. The number of benzene rings is 1. The summed E-state index contributed by atoms with van der Waals surface area (Å²) in [6, 6.07) is 4.85. The zero-order chi connectivity index (χ0) is 9.14. The second-order valence-corrected chi connectivity index (χ2v) is 2.64. The molecule has 0 radical (unpaired) electrons. The predicted molar refractivity (Wildman–Crippen MR) is 47.8 cm³/mol. The van der Waals surface area contributed by atoms with Gasteiger partial charge in [-0.05, 0) is 12.1 Å². The second kappa shape index (κ2) is 3.80. The molecule has 0 amide bonds. The Kier molecular flexibility index (Phi) is 2.97. The lowest BCUT2D eigenvalue weighted by molar-refractivity contribution is 0.403. The predicted octanol–water partition coefficient (Wildman–Crippen LogP) is 0.0284. The molecule has 0 fully saturated rings. The van der Waals surface area contributed by atoms with Crippen molar-refractivity contribution in [3.05, 3.63) is 23.2 Å². The van der Waals surface area contributed by atoms with Crippen LogP contribution in [0.4, 0.5) is 0 Å². The first kappa shape index (κ1) is 9.38. The van der Waals surface area contributed by atoms with Crippen LogP contribution in [0.25, 0.3) is 0 Å². The topological polar surface area (TPSA) is 49.7 Å². The Morgan fingerprint density at radius 3 is 2.50 bits per heavy atom. The van der Waals surface area contributed by atoms with Crippen LogP contribution in [0.5, 0.6) is 5.75 Å². The molecule has 0 saturated heterocycles. The third kappa shape index (κ3) is 1.72. The van der Waals surface area contributed by atoms with Crippen molar-refractivity contribution in [3.8, 4) is 5.75 Å². The standard InChI is InChI=1S/C7H8BClO3/c1-12-6-4-2-3-5(9)7(6)8(10)11/h2-4,10-11H,1H3. The highest BCUT2D eigenvalue weighted by Crippen LogP contribution is 2.14. The minimum atomic E-state index is -1.60. The Labute approximate surface area is 75.7 Å². The number of hydrogen-bond acceptors (Lipinski definition) is 3. The van der Waals surface area contributed by atoms with E-state index in [2.05, 4.69) is 0 Å². The Bertz CT molecular complexity index is 277. The molecule has 0 aliphatic rings. The maximum atomic E-state index is 8.91. The fourth-order valence-electron chi connectivity index (χ4n) is 0.946. The molecule has 0 heterocycles. The molecule has 0 saturated carbocycles. The molecule has 0 aromatic heterocycles. The van der Waals surface area contributed by atoms with Gasteiger partial charge in [-0.15, -0.1) is 0 Å². The van der Waals surface area contributed by atoms with Gasteiger partial charge in [0.1, 0.15) is 5.75 Å². The van der Waals surface area contributed by atoms with Gasteiger partial charge in [-0.2, -0.15) is 0 Å². The van der Waals surface area contributed by atoms with Crippen LogP contribution in [0.3, 0.4) is 0 Å². The van der Waals surface area contributed by atoms with Crippen molar-refractivity contribution in [3.63, 3.8) is 0 Å². The summed E-state index contributed by atoms with van der Waals surface area (Å²) in [6.45, 7) is 0. The van der Waals surface area contributed by atoms with E-state index in [9.17, 15) is 0 Å². The lowest BCUT2D eigenvalue weighted by atomic mass is 9.79. The molecule has 12 heavy (non-hydrogen) atoms. The fraction of sp³-hybridized carbons (Fsp3) is 0.143. The van der Waals surface area contributed by atoms with Crippen molar-refractivity contribution in [2.24, 2.45) is 0 Å². The third-order valence-electron chi connectivity index (χ3n) is 1.49. The van der Waals surface area contributed by atoms with Crippen LogP contribution in [0.1, 0.15) is 0 Å². The quantitative estimate of drug-likeness (QED) is 0.641. The zero-order valence-electron chi connectivity index (χ0n) is 6.49. The molecule has 0 aliphatic heterocycles. The molecule has 0 aliphatic carbocycles. The summed E-state index contributed by atoms with van der Waals surface area (Å²) in [5.74, 6) is 0.373. The summed E-state index contributed by atoms with van der Waals surface area (Å²) >= 11 is 5.70. The van der Waals surface area contributed by atoms with Crippen molar-refractivity contribution in [2.75, 3.05) is 7.11 Å². The average molecular weight is 186 g/mol. The Hall–Kier alpha value is -0.705. The van der Waals surface area contributed by atoms with Crippen LogP contribution in [0.15, 0.2) is 18.2 Å². The summed E-state index contributed by atoms with van der Waals surface area (Å²) in [7, 11) is -0.161. The Morgan fingerprint density at radius 1 is 1.42 bits per heavy atom.